The summed E-state index contributed by atoms with van der Waals surface area (Å²) in [7, 11) is 1.97. The van der Waals surface area contributed by atoms with Gasteiger partial charge in [0.2, 0.25) is 5.91 Å². The number of hydrogen-bond donors (Lipinski definition) is 2. The maximum absolute atomic E-state index is 13.3. The van der Waals surface area contributed by atoms with E-state index in [1.165, 1.54) is 12.1 Å². The Labute approximate surface area is 174 Å². The molecule has 30 heavy (non-hydrogen) atoms. The van der Waals surface area contributed by atoms with E-state index in [2.05, 4.69) is 10.2 Å². The number of nitrogens with zero attached hydrogens (tertiary/aromatic N) is 2. The zero-order valence-electron chi connectivity index (χ0n) is 16.9. The average molecular weight is 411 g/mol. The summed E-state index contributed by atoms with van der Waals surface area (Å²) in [6.45, 7) is 0.330. The van der Waals surface area contributed by atoms with Crippen LogP contribution in [0.4, 0.5) is 4.39 Å². The Morgan fingerprint density at radius 1 is 1.20 bits per heavy atom. The highest BCUT2D eigenvalue weighted by atomic mass is 19.1. The minimum atomic E-state index is -0.393. The van der Waals surface area contributed by atoms with Crippen molar-refractivity contribution in [3.05, 3.63) is 58.3 Å². The molecule has 1 aliphatic carbocycles. The van der Waals surface area contributed by atoms with Crippen molar-refractivity contribution in [3.63, 3.8) is 0 Å². The lowest BCUT2D eigenvalue weighted by Crippen LogP contribution is -2.46. The minimum absolute atomic E-state index is 0.0263. The van der Waals surface area contributed by atoms with E-state index in [0.717, 1.165) is 25.0 Å². The SMILES string of the molecule is CN1[C@@H]2Cn3c(ccc(-c4ccc(F)cc4)c3=O)[C@H]1[C@@H](C(=O)NC1CCC1)[C@@H]2CO. The van der Waals surface area contributed by atoms with Crippen LogP contribution in [0, 0.1) is 17.7 Å². The van der Waals surface area contributed by atoms with Crippen LogP contribution in [-0.2, 0) is 11.3 Å². The van der Waals surface area contributed by atoms with Crippen molar-refractivity contribution < 1.29 is 14.3 Å². The van der Waals surface area contributed by atoms with Gasteiger partial charge >= 0.3 is 0 Å². The first kappa shape index (κ1) is 19.5. The number of benzene rings is 1. The van der Waals surface area contributed by atoms with Crippen molar-refractivity contribution in [2.75, 3.05) is 13.7 Å². The zero-order chi connectivity index (χ0) is 21.0. The smallest absolute Gasteiger partial charge is 0.258 e. The predicted molar refractivity (Wildman–Crippen MR) is 110 cm³/mol. The number of hydrogen-bond acceptors (Lipinski definition) is 4. The van der Waals surface area contributed by atoms with E-state index in [1.807, 2.05) is 13.1 Å². The molecule has 0 radical (unpaired) electrons. The number of halogens is 1. The third kappa shape index (κ3) is 2.91. The molecule has 2 bridgehead atoms. The molecule has 2 fully saturated rings. The first-order chi connectivity index (χ1) is 14.5. The molecule has 1 amide bonds. The van der Waals surface area contributed by atoms with Crippen LogP contribution in [0.1, 0.15) is 31.0 Å². The first-order valence-electron chi connectivity index (χ1n) is 10.6. The van der Waals surface area contributed by atoms with Gasteiger partial charge in [-0.2, -0.15) is 0 Å². The number of aliphatic hydroxyl groups excluding tert-OH is 1. The van der Waals surface area contributed by atoms with E-state index in [4.69, 9.17) is 0 Å². The van der Waals surface area contributed by atoms with Crippen LogP contribution in [0.2, 0.25) is 0 Å². The highest BCUT2D eigenvalue weighted by Gasteiger charge is 2.54. The van der Waals surface area contributed by atoms with Crippen molar-refractivity contribution in [2.45, 2.75) is 43.9 Å². The predicted octanol–water partition coefficient (Wildman–Crippen LogP) is 1.92. The van der Waals surface area contributed by atoms with Crippen LogP contribution in [0.5, 0.6) is 0 Å². The molecule has 4 atom stereocenters. The Hall–Kier alpha value is -2.51. The van der Waals surface area contributed by atoms with Crippen molar-refractivity contribution in [1.82, 2.24) is 14.8 Å². The molecule has 0 unspecified atom stereocenters. The summed E-state index contributed by atoms with van der Waals surface area (Å²) in [5, 5.41) is 13.3. The fourth-order valence-corrected chi connectivity index (χ4v) is 5.39. The van der Waals surface area contributed by atoms with Crippen molar-refractivity contribution in [3.8, 4) is 11.1 Å². The number of amides is 1. The monoisotopic (exact) mass is 411 g/mol. The summed E-state index contributed by atoms with van der Waals surface area (Å²) in [6, 6.07) is 9.45. The molecule has 3 heterocycles. The molecule has 2 aliphatic heterocycles. The molecule has 7 heteroatoms. The third-order valence-electron chi connectivity index (χ3n) is 7.26. The summed E-state index contributed by atoms with van der Waals surface area (Å²) < 4.78 is 15.0. The topological polar surface area (TPSA) is 74.6 Å². The van der Waals surface area contributed by atoms with Crippen LogP contribution in [0.3, 0.4) is 0 Å². The largest absolute Gasteiger partial charge is 0.396 e. The van der Waals surface area contributed by atoms with Gasteiger partial charge in [0.25, 0.3) is 5.56 Å². The highest BCUT2D eigenvalue weighted by Crippen LogP contribution is 2.47. The van der Waals surface area contributed by atoms with Gasteiger partial charge in [-0.1, -0.05) is 12.1 Å². The summed E-state index contributed by atoms with van der Waals surface area (Å²) in [4.78, 5) is 28.6. The first-order valence-corrected chi connectivity index (χ1v) is 10.6. The van der Waals surface area contributed by atoms with Gasteiger partial charge < -0.3 is 15.0 Å². The Morgan fingerprint density at radius 3 is 2.57 bits per heavy atom. The van der Waals surface area contributed by atoms with Crippen molar-refractivity contribution >= 4 is 5.91 Å². The van der Waals surface area contributed by atoms with Crippen molar-refractivity contribution in [1.29, 1.82) is 0 Å². The standard InChI is InChI=1S/C23H26FN3O3/c1-26-19-11-27-18(10-9-16(23(27)30)13-5-7-14(24)8-6-13)21(26)20(17(19)12-28)22(29)25-15-3-2-4-15/h5-10,15,17,19-21,28H,2-4,11-12H2,1H3,(H,25,29)/t17-,19-,20+,21+/m1/s1. The molecule has 5 rings (SSSR count). The zero-order valence-corrected chi connectivity index (χ0v) is 16.9. The lowest BCUT2D eigenvalue weighted by molar-refractivity contribution is -0.128. The summed E-state index contributed by atoms with van der Waals surface area (Å²) in [5.41, 5.74) is 1.84. The third-order valence-corrected chi connectivity index (χ3v) is 7.26. The lowest BCUT2D eigenvalue weighted by atomic mass is 9.85. The van der Waals surface area contributed by atoms with Gasteiger partial charge in [0, 0.05) is 42.4 Å². The molecule has 3 aliphatic rings. The van der Waals surface area contributed by atoms with Gasteiger partial charge in [-0.3, -0.25) is 14.5 Å². The van der Waals surface area contributed by atoms with Gasteiger partial charge in [-0.25, -0.2) is 4.39 Å². The Morgan fingerprint density at radius 2 is 1.93 bits per heavy atom. The van der Waals surface area contributed by atoms with E-state index >= 15 is 0 Å². The van der Waals surface area contributed by atoms with Crippen molar-refractivity contribution in [2.24, 2.45) is 11.8 Å². The van der Waals surface area contributed by atoms with Crippen LogP contribution >= 0.6 is 0 Å². The van der Waals surface area contributed by atoms with E-state index in [0.29, 0.717) is 17.7 Å². The maximum Gasteiger partial charge on any atom is 0.258 e. The molecule has 158 valence electrons. The van der Waals surface area contributed by atoms with Crippen LogP contribution in [0.15, 0.2) is 41.2 Å². The van der Waals surface area contributed by atoms with E-state index < -0.39 is 5.92 Å². The van der Waals surface area contributed by atoms with Gasteiger partial charge in [0.15, 0.2) is 0 Å². The molecular weight excluding hydrogens is 385 g/mol. The number of rotatable bonds is 4. The normalized spacial score (nSPS) is 28.1. The second-order valence-electron chi connectivity index (χ2n) is 8.78. The van der Waals surface area contributed by atoms with Gasteiger partial charge in [-0.05, 0) is 56.1 Å². The molecule has 1 aromatic heterocycles. The number of fused-ring (bicyclic) bond motifs is 4. The van der Waals surface area contributed by atoms with E-state index in [-0.39, 0.29) is 47.9 Å². The van der Waals surface area contributed by atoms with Crippen LogP contribution in [0.25, 0.3) is 11.1 Å². The fraction of sp³-hybridized carbons (Fsp3) is 0.478. The fourth-order valence-electron chi connectivity index (χ4n) is 5.39. The van der Waals surface area contributed by atoms with E-state index in [9.17, 15) is 19.1 Å². The number of aliphatic hydroxyl groups is 1. The Bertz CT molecular complexity index is 1030. The minimum Gasteiger partial charge on any atom is -0.396 e. The van der Waals surface area contributed by atoms with Gasteiger partial charge in [0.1, 0.15) is 5.82 Å². The maximum atomic E-state index is 13.3. The highest BCUT2D eigenvalue weighted by molar-refractivity contribution is 5.81. The molecule has 2 N–H and O–H groups in total. The Kier molecular flexibility index (Phi) is 4.75. The van der Waals surface area contributed by atoms with Gasteiger partial charge in [-0.15, -0.1) is 0 Å². The average Bonchev–Trinajstić information content (AvgIpc) is 2.88. The number of likely N-dealkylation sites (N-methyl/N-ethyl adjacent to an activating group) is 1. The number of carbonyl (C=O) groups excluding carboxylic acids is 1. The Balaban J connectivity index is 1.55. The molecule has 6 nitrogen and oxygen atoms in total. The quantitative estimate of drug-likeness (QED) is 0.806. The molecular formula is C23H26FN3O3. The summed E-state index contributed by atoms with van der Waals surface area (Å²) in [6.07, 6.45) is 3.14. The summed E-state index contributed by atoms with van der Waals surface area (Å²) >= 11 is 0. The van der Waals surface area contributed by atoms with Gasteiger partial charge in [0.05, 0.1) is 12.0 Å². The summed E-state index contributed by atoms with van der Waals surface area (Å²) in [5.74, 6) is -0.992. The molecule has 1 aromatic carbocycles. The molecule has 1 saturated heterocycles. The van der Waals surface area contributed by atoms with E-state index in [1.54, 1.807) is 22.8 Å². The molecule has 0 spiro atoms. The molecule has 2 aromatic rings. The number of carbonyl (C=O) groups is 1. The lowest BCUT2D eigenvalue weighted by Gasteiger charge is -2.36. The van der Waals surface area contributed by atoms with Crippen LogP contribution in [-0.4, -0.2) is 46.2 Å². The number of pyridine rings is 1. The second-order valence-corrected chi connectivity index (χ2v) is 8.78. The second kappa shape index (κ2) is 7.32. The molecule has 1 saturated carbocycles. The van der Waals surface area contributed by atoms with Crippen LogP contribution < -0.4 is 10.9 Å². The number of nitrogens with one attached hydrogen (secondary N) is 1. The number of aromatic nitrogens is 1.